The maximum absolute atomic E-state index is 11.5. The number of carbonyl (C=O) groups excluding carboxylic acids is 2. The average molecular weight is 232 g/mol. The molecule has 0 heterocycles. The maximum Gasteiger partial charge on any atom is 1.00 e. The van der Waals surface area contributed by atoms with Gasteiger partial charge in [-0.05, 0) is 31.6 Å². The molecular weight excluding hydrogens is 215 g/mol. The minimum atomic E-state index is -1.04. The SMILES string of the molecule is CC/C=C\C[C@@H]1C(=O)CC[C@H]1CC(=O)[O-].[Na+]. The van der Waals surface area contributed by atoms with Crippen LogP contribution in [0, 0.1) is 11.8 Å². The van der Waals surface area contributed by atoms with Crippen LogP contribution in [0.2, 0.25) is 0 Å². The van der Waals surface area contributed by atoms with Gasteiger partial charge in [-0.3, -0.25) is 4.79 Å². The van der Waals surface area contributed by atoms with E-state index in [4.69, 9.17) is 0 Å². The van der Waals surface area contributed by atoms with Crippen LogP contribution in [0.5, 0.6) is 0 Å². The largest absolute Gasteiger partial charge is 1.00 e. The standard InChI is InChI=1S/C12H18O3.Na/c1-2-3-4-5-10-9(8-12(14)15)6-7-11(10)13;/h3-4,9-10H,2,5-8H2,1H3,(H,14,15);/q;+1/p-1/b4-3-;/t9-,10-;/m0./s1. The van der Waals surface area contributed by atoms with E-state index in [-0.39, 0.29) is 53.6 Å². The minimum absolute atomic E-state index is 0. The first kappa shape index (κ1) is 15.9. The molecule has 0 saturated heterocycles. The number of ketones is 1. The summed E-state index contributed by atoms with van der Waals surface area (Å²) in [4.78, 5) is 22.0. The Hall–Kier alpha value is -0.120. The Kier molecular flexibility index (Phi) is 7.98. The van der Waals surface area contributed by atoms with Crippen LogP contribution in [-0.4, -0.2) is 11.8 Å². The molecule has 1 rings (SSSR count). The summed E-state index contributed by atoms with van der Waals surface area (Å²) in [6, 6.07) is 0. The predicted octanol–water partition coefficient (Wildman–Crippen LogP) is -1.92. The summed E-state index contributed by atoms with van der Waals surface area (Å²) in [7, 11) is 0. The first-order valence-corrected chi connectivity index (χ1v) is 5.52. The minimum Gasteiger partial charge on any atom is -0.550 e. The first-order valence-electron chi connectivity index (χ1n) is 5.52. The molecule has 1 aliphatic rings. The quantitative estimate of drug-likeness (QED) is 0.410. The van der Waals surface area contributed by atoms with Crippen LogP contribution in [0.15, 0.2) is 12.2 Å². The molecule has 84 valence electrons. The van der Waals surface area contributed by atoms with Crippen molar-refractivity contribution >= 4 is 11.8 Å². The van der Waals surface area contributed by atoms with Crippen molar-refractivity contribution in [3.05, 3.63) is 12.2 Å². The molecule has 0 aromatic carbocycles. The number of carbonyl (C=O) groups is 2. The van der Waals surface area contributed by atoms with Crippen molar-refractivity contribution in [3.63, 3.8) is 0 Å². The maximum atomic E-state index is 11.5. The molecule has 0 aromatic heterocycles. The average Bonchev–Trinajstić information content (AvgIpc) is 2.49. The number of hydrogen-bond acceptors (Lipinski definition) is 3. The van der Waals surface area contributed by atoms with E-state index in [1.54, 1.807) is 0 Å². The van der Waals surface area contributed by atoms with Gasteiger partial charge in [0.25, 0.3) is 0 Å². The smallest absolute Gasteiger partial charge is 0.550 e. The van der Waals surface area contributed by atoms with Crippen molar-refractivity contribution in [1.82, 2.24) is 0 Å². The Bertz CT molecular complexity index is 273. The van der Waals surface area contributed by atoms with Crippen molar-refractivity contribution in [3.8, 4) is 0 Å². The zero-order valence-corrected chi connectivity index (χ0v) is 12.1. The third-order valence-corrected chi connectivity index (χ3v) is 2.97. The molecule has 3 nitrogen and oxygen atoms in total. The van der Waals surface area contributed by atoms with E-state index >= 15 is 0 Å². The molecule has 2 atom stereocenters. The summed E-state index contributed by atoms with van der Waals surface area (Å²) >= 11 is 0. The fourth-order valence-electron chi connectivity index (χ4n) is 2.17. The monoisotopic (exact) mass is 232 g/mol. The third kappa shape index (κ3) is 4.81. The van der Waals surface area contributed by atoms with Crippen LogP contribution < -0.4 is 34.7 Å². The van der Waals surface area contributed by atoms with Gasteiger partial charge in [-0.2, -0.15) is 0 Å². The van der Waals surface area contributed by atoms with Gasteiger partial charge >= 0.3 is 29.6 Å². The van der Waals surface area contributed by atoms with Crippen LogP contribution in [0.4, 0.5) is 0 Å². The van der Waals surface area contributed by atoms with Crippen LogP contribution in [0.25, 0.3) is 0 Å². The number of carboxylic acid groups (broad SMARTS) is 1. The van der Waals surface area contributed by atoms with Crippen molar-refractivity contribution in [2.24, 2.45) is 11.8 Å². The van der Waals surface area contributed by atoms with Gasteiger partial charge < -0.3 is 9.90 Å². The third-order valence-electron chi connectivity index (χ3n) is 2.97. The number of hydrogen-bond donors (Lipinski definition) is 0. The molecule has 4 heteroatoms. The summed E-state index contributed by atoms with van der Waals surface area (Å²) < 4.78 is 0. The van der Waals surface area contributed by atoms with Crippen LogP contribution in [0.1, 0.15) is 39.0 Å². The summed E-state index contributed by atoms with van der Waals surface area (Å²) in [6.07, 6.45) is 6.89. The summed E-state index contributed by atoms with van der Waals surface area (Å²) in [5.74, 6) is -0.934. The Balaban J connectivity index is 0.00000225. The van der Waals surface area contributed by atoms with Crippen molar-refractivity contribution in [2.75, 3.05) is 0 Å². The number of allylic oxidation sites excluding steroid dienone is 2. The van der Waals surface area contributed by atoms with Crippen LogP contribution >= 0.6 is 0 Å². The molecule has 0 radical (unpaired) electrons. The van der Waals surface area contributed by atoms with Gasteiger partial charge in [0, 0.05) is 18.3 Å². The Morgan fingerprint density at radius 2 is 2.19 bits per heavy atom. The first-order chi connectivity index (χ1) is 7.15. The Morgan fingerprint density at radius 1 is 1.50 bits per heavy atom. The van der Waals surface area contributed by atoms with Gasteiger partial charge in [-0.1, -0.05) is 19.1 Å². The summed E-state index contributed by atoms with van der Waals surface area (Å²) in [6.45, 7) is 2.03. The van der Waals surface area contributed by atoms with E-state index < -0.39 is 5.97 Å². The summed E-state index contributed by atoms with van der Waals surface area (Å²) in [5, 5.41) is 10.5. The molecule has 0 bridgehead atoms. The van der Waals surface area contributed by atoms with Crippen molar-refractivity contribution in [2.45, 2.75) is 39.0 Å². The predicted molar refractivity (Wildman–Crippen MR) is 54.9 cm³/mol. The molecule has 0 aliphatic heterocycles. The number of aliphatic carboxylic acids is 1. The van der Waals surface area contributed by atoms with E-state index in [9.17, 15) is 14.7 Å². The van der Waals surface area contributed by atoms with E-state index in [0.717, 1.165) is 6.42 Å². The molecule has 0 N–H and O–H groups in total. The zero-order valence-electron chi connectivity index (χ0n) is 10.1. The molecule has 0 amide bonds. The molecule has 16 heavy (non-hydrogen) atoms. The van der Waals surface area contributed by atoms with Crippen molar-refractivity contribution < 1.29 is 44.3 Å². The zero-order chi connectivity index (χ0) is 11.3. The normalized spacial score (nSPS) is 24.7. The van der Waals surface area contributed by atoms with E-state index in [1.165, 1.54) is 0 Å². The summed E-state index contributed by atoms with van der Waals surface area (Å²) in [5.41, 5.74) is 0. The Morgan fingerprint density at radius 3 is 2.75 bits per heavy atom. The molecule has 1 fully saturated rings. The van der Waals surface area contributed by atoms with Gasteiger partial charge in [0.2, 0.25) is 0 Å². The van der Waals surface area contributed by atoms with Gasteiger partial charge in [0.05, 0.1) is 0 Å². The Labute approximate surface area is 119 Å². The topological polar surface area (TPSA) is 57.2 Å². The second-order valence-corrected chi connectivity index (χ2v) is 4.06. The van der Waals surface area contributed by atoms with Gasteiger partial charge in [-0.25, -0.2) is 0 Å². The number of carboxylic acids is 1. The molecule has 1 saturated carbocycles. The van der Waals surface area contributed by atoms with Gasteiger partial charge in [0.15, 0.2) is 0 Å². The van der Waals surface area contributed by atoms with Crippen molar-refractivity contribution in [1.29, 1.82) is 0 Å². The fourth-order valence-corrected chi connectivity index (χ4v) is 2.17. The van der Waals surface area contributed by atoms with E-state index in [0.29, 0.717) is 19.3 Å². The number of rotatable bonds is 5. The fraction of sp³-hybridized carbons (Fsp3) is 0.667. The van der Waals surface area contributed by atoms with Crippen LogP contribution in [0.3, 0.4) is 0 Å². The molecular formula is C12H17NaO3. The van der Waals surface area contributed by atoms with Crippen LogP contribution in [-0.2, 0) is 9.59 Å². The second kappa shape index (κ2) is 8.04. The molecule has 0 aromatic rings. The molecule has 0 unspecified atom stereocenters. The van der Waals surface area contributed by atoms with Gasteiger partial charge in [0.1, 0.15) is 5.78 Å². The number of Topliss-reactive ketones (excluding diaryl/α,β-unsaturated/α-hetero) is 1. The van der Waals surface area contributed by atoms with Gasteiger partial charge in [-0.15, -0.1) is 0 Å². The second-order valence-electron chi connectivity index (χ2n) is 4.06. The van der Waals surface area contributed by atoms with E-state index in [1.807, 2.05) is 19.1 Å². The molecule has 1 aliphatic carbocycles. The molecule has 0 spiro atoms. The van der Waals surface area contributed by atoms with E-state index in [2.05, 4.69) is 0 Å².